The summed E-state index contributed by atoms with van der Waals surface area (Å²) >= 11 is 0. The first-order valence-electron chi connectivity index (χ1n) is 8.09. The molecule has 0 aliphatic heterocycles. The van der Waals surface area contributed by atoms with E-state index in [1.165, 1.54) is 0 Å². The van der Waals surface area contributed by atoms with Crippen LogP contribution in [0.4, 0.5) is 0 Å². The van der Waals surface area contributed by atoms with Crippen molar-refractivity contribution < 1.29 is 28.7 Å². The van der Waals surface area contributed by atoms with Crippen molar-refractivity contribution in [2.45, 2.75) is 12.0 Å². The van der Waals surface area contributed by atoms with E-state index in [1.54, 1.807) is 48.5 Å². The highest BCUT2D eigenvalue weighted by atomic mass is 16.5. The van der Waals surface area contributed by atoms with Crippen LogP contribution in [0, 0.1) is 0 Å². The van der Waals surface area contributed by atoms with Crippen molar-refractivity contribution in [2.24, 2.45) is 0 Å². The maximum absolute atomic E-state index is 13.0. The molecule has 1 N–H and O–H groups in total. The zero-order valence-electron chi connectivity index (χ0n) is 14.9. The van der Waals surface area contributed by atoms with Gasteiger partial charge in [0.05, 0.1) is 20.1 Å². The average Bonchev–Trinajstić information content (AvgIpc) is 2.72. The number of methoxy groups -OCH3 is 2. The number of amides is 1. The minimum Gasteiger partial charge on any atom is -0.467 e. The van der Waals surface area contributed by atoms with Crippen LogP contribution in [-0.4, -0.2) is 43.9 Å². The summed E-state index contributed by atoms with van der Waals surface area (Å²) in [7, 11) is 2.06. The van der Waals surface area contributed by atoms with Crippen LogP contribution in [0.3, 0.4) is 0 Å². The van der Waals surface area contributed by atoms with Crippen LogP contribution in [0.25, 0.3) is 0 Å². The standard InChI is InChI=1S/C20H19NO6/c1-26-19(24)16(17(22)20(25)27-2)21-18(23)15(13-9-5-3-6-10-13)14-11-7-4-8-12-14/h3-12,15-16H,1-2H3,(H,21,23). The summed E-state index contributed by atoms with van der Waals surface area (Å²) in [6.45, 7) is 0. The average molecular weight is 369 g/mol. The second-order valence-electron chi connectivity index (χ2n) is 5.57. The van der Waals surface area contributed by atoms with Crippen LogP contribution >= 0.6 is 0 Å². The molecule has 0 aromatic heterocycles. The maximum Gasteiger partial charge on any atom is 0.377 e. The Balaban J connectivity index is 2.38. The molecule has 1 atom stereocenters. The molecule has 0 aliphatic carbocycles. The van der Waals surface area contributed by atoms with Crippen molar-refractivity contribution in [3.8, 4) is 0 Å². The van der Waals surface area contributed by atoms with Crippen LogP contribution in [0.15, 0.2) is 60.7 Å². The van der Waals surface area contributed by atoms with Crippen molar-refractivity contribution in [3.63, 3.8) is 0 Å². The van der Waals surface area contributed by atoms with Gasteiger partial charge >= 0.3 is 11.9 Å². The number of Topliss-reactive ketones (excluding diaryl/α,β-unsaturated/α-hetero) is 1. The van der Waals surface area contributed by atoms with E-state index >= 15 is 0 Å². The summed E-state index contributed by atoms with van der Waals surface area (Å²) in [6.07, 6.45) is 0. The Labute approximate surface area is 156 Å². The molecular formula is C20H19NO6. The first-order valence-corrected chi connectivity index (χ1v) is 8.09. The Morgan fingerprint density at radius 3 is 1.67 bits per heavy atom. The molecule has 0 saturated heterocycles. The summed E-state index contributed by atoms with van der Waals surface area (Å²) in [5.74, 6) is -4.93. The van der Waals surface area contributed by atoms with E-state index in [0.717, 1.165) is 14.2 Å². The highest BCUT2D eigenvalue weighted by molar-refractivity contribution is 6.40. The number of hydrogen-bond acceptors (Lipinski definition) is 6. The van der Waals surface area contributed by atoms with E-state index in [2.05, 4.69) is 14.8 Å². The molecule has 0 bridgehead atoms. The van der Waals surface area contributed by atoms with Gasteiger partial charge < -0.3 is 14.8 Å². The van der Waals surface area contributed by atoms with Crippen molar-refractivity contribution in [3.05, 3.63) is 71.8 Å². The quantitative estimate of drug-likeness (QED) is 0.448. The predicted octanol–water partition coefficient (Wildman–Crippen LogP) is 1.22. The van der Waals surface area contributed by atoms with Crippen molar-refractivity contribution in [1.82, 2.24) is 5.32 Å². The number of carbonyl (C=O) groups excluding carboxylic acids is 4. The molecule has 7 heteroatoms. The molecule has 0 fully saturated rings. The van der Waals surface area contributed by atoms with Gasteiger partial charge in [0.2, 0.25) is 5.91 Å². The fourth-order valence-corrected chi connectivity index (χ4v) is 2.58. The maximum atomic E-state index is 13.0. The molecule has 0 radical (unpaired) electrons. The van der Waals surface area contributed by atoms with Gasteiger partial charge in [0.15, 0.2) is 6.04 Å². The Kier molecular flexibility index (Phi) is 6.82. The lowest BCUT2D eigenvalue weighted by Crippen LogP contribution is -2.51. The number of ketones is 1. The first-order chi connectivity index (χ1) is 13.0. The summed E-state index contributed by atoms with van der Waals surface area (Å²) < 4.78 is 8.89. The Bertz CT molecular complexity index is 779. The fraction of sp³-hybridized carbons (Fsp3) is 0.200. The summed E-state index contributed by atoms with van der Waals surface area (Å²) in [4.78, 5) is 48.6. The Morgan fingerprint density at radius 2 is 1.26 bits per heavy atom. The molecule has 0 spiro atoms. The van der Waals surface area contributed by atoms with Gasteiger partial charge in [0, 0.05) is 0 Å². The third-order valence-electron chi connectivity index (χ3n) is 3.90. The number of carbonyl (C=O) groups is 4. The minimum atomic E-state index is -1.79. The number of ether oxygens (including phenoxy) is 2. The largest absolute Gasteiger partial charge is 0.467 e. The van der Waals surface area contributed by atoms with E-state index < -0.39 is 35.6 Å². The first kappa shape index (κ1) is 19.8. The van der Waals surface area contributed by atoms with Gasteiger partial charge in [-0.1, -0.05) is 60.7 Å². The third-order valence-corrected chi connectivity index (χ3v) is 3.90. The van der Waals surface area contributed by atoms with Gasteiger partial charge in [-0.2, -0.15) is 0 Å². The summed E-state index contributed by atoms with van der Waals surface area (Å²) in [5, 5.41) is 2.32. The van der Waals surface area contributed by atoms with Gasteiger partial charge in [-0.05, 0) is 11.1 Å². The summed E-state index contributed by atoms with van der Waals surface area (Å²) in [5.41, 5.74) is 1.32. The number of nitrogens with one attached hydrogen (secondary N) is 1. The second kappa shape index (κ2) is 9.28. The number of esters is 2. The zero-order chi connectivity index (χ0) is 19.8. The lowest BCUT2D eigenvalue weighted by atomic mass is 9.90. The van der Waals surface area contributed by atoms with E-state index in [9.17, 15) is 19.2 Å². The molecule has 7 nitrogen and oxygen atoms in total. The van der Waals surface area contributed by atoms with Gasteiger partial charge in [-0.15, -0.1) is 0 Å². The number of hydrogen-bond donors (Lipinski definition) is 1. The van der Waals surface area contributed by atoms with Crippen molar-refractivity contribution >= 4 is 23.6 Å². The highest BCUT2D eigenvalue weighted by Crippen LogP contribution is 2.25. The van der Waals surface area contributed by atoms with E-state index in [0.29, 0.717) is 11.1 Å². The van der Waals surface area contributed by atoms with Gasteiger partial charge in [-0.3, -0.25) is 9.59 Å². The lowest BCUT2D eigenvalue weighted by Gasteiger charge is -2.21. The highest BCUT2D eigenvalue weighted by Gasteiger charge is 2.37. The lowest BCUT2D eigenvalue weighted by molar-refractivity contribution is -0.158. The van der Waals surface area contributed by atoms with Gasteiger partial charge in [-0.25, -0.2) is 9.59 Å². The minimum absolute atomic E-state index is 0.625. The van der Waals surface area contributed by atoms with Gasteiger partial charge in [0.1, 0.15) is 0 Å². The Morgan fingerprint density at radius 1 is 0.778 bits per heavy atom. The Hall–Kier alpha value is -3.48. The van der Waals surface area contributed by atoms with Crippen LogP contribution in [0.5, 0.6) is 0 Å². The topological polar surface area (TPSA) is 98.8 Å². The molecule has 27 heavy (non-hydrogen) atoms. The van der Waals surface area contributed by atoms with Crippen LogP contribution < -0.4 is 5.32 Å². The number of benzene rings is 2. The molecule has 2 aromatic carbocycles. The predicted molar refractivity (Wildman–Crippen MR) is 95.7 cm³/mol. The van der Waals surface area contributed by atoms with Gasteiger partial charge in [0.25, 0.3) is 5.78 Å². The van der Waals surface area contributed by atoms with Crippen LogP contribution in [-0.2, 0) is 28.7 Å². The molecule has 2 rings (SSSR count). The molecule has 1 amide bonds. The molecular weight excluding hydrogens is 350 g/mol. The van der Waals surface area contributed by atoms with Crippen LogP contribution in [0.2, 0.25) is 0 Å². The normalized spacial score (nSPS) is 11.4. The molecule has 1 unspecified atom stereocenters. The van der Waals surface area contributed by atoms with E-state index in [4.69, 9.17) is 0 Å². The van der Waals surface area contributed by atoms with E-state index in [1.807, 2.05) is 12.1 Å². The molecule has 0 aliphatic rings. The molecule has 2 aromatic rings. The molecule has 0 saturated carbocycles. The summed E-state index contributed by atoms with van der Waals surface area (Å²) in [6, 6.07) is 15.9. The fourth-order valence-electron chi connectivity index (χ4n) is 2.58. The van der Waals surface area contributed by atoms with Crippen molar-refractivity contribution in [2.75, 3.05) is 14.2 Å². The smallest absolute Gasteiger partial charge is 0.377 e. The zero-order valence-corrected chi connectivity index (χ0v) is 14.9. The molecule has 140 valence electrons. The molecule has 0 heterocycles. The monoisotopic (exact) mass is 369 g/mol. The van der Waals surface area contributed by atoms with Crippen LogP contribution in [0.1, 0.15) is 17.0 Å². The van der Waals surface area contributed by atoms with Crippen molar-refractivity contribution in [1.29, 1.82) is 0 Å². The third kappa shape index (κ3) is 4.78. The van der Waals surface area contributed by atoms with E-state index in [-0.39, 0.29) is 0 Å². The second-order valence-corrected chi connectivity index (χ2v) is 5.57. The number of rotatable bonds is 7. The SMILES string of the molecule is COC(=O)C(=O)C(NC(=O)C(c1ccccc1)c1ccccc1)C(=O)OC.